The number of benzene rings is 1. The van der Waals surface area contributed by atoms with Crippen LogP contribution in [-0.2, 0) is 9.05 Å². The second-order valence-corrected chi connectivity index (χ2v) is 7.20. The summed E-state index contributed by atoms with van der Waals surface area (Å²) in [6.07, 6.45) is 2.82. The second-order valence-electron chi connectivity index (χ2n) is 4.66. The molecule has 19 heavy (non-hydrogen) atoms. The maximum Gasteiger partial charge on any atom is 0.262 e. The minimum atomic E-state index is -3.91. The van der Waals surface area contributed by atoms with Crippen LogP contribution in [0.5, 0.6) is 0 Å². The van der Waals surface area contributed by atoms with Gasteiger partial charge in [-0.25, -0.2) is 8.42 Å². The van der Waals surface area contributed by atoms with Gasteiger partial charge < -0.3 is 4.90 Å². The molecule has 0 aromatic heterocycles. The lowest BCUT2D eigenvalue weighted by Crippen LogP contribution is -2.34. The topological polar surface area (TPSA) is 54.5 Å². The molecule has 1 fully saturated rings. The molecule has 104 valence electrons. The van der Waals surface area contributed by atoms with Crippen LogP contribution >= 0.6 is 10.7 Å². The molecule has 0 atom stereocenters. The van der Waals surface area contributed by atoms with Gasteiger partial charge in [0.05, 0.1) is 10.5 Å². The molecule has 1 aromatic rings. The van der Waals surface area contributed by atoms with E-state index in [-0.39, 0.29) is 22.4 Å². The molecular weight excluding hydrogens is 286 g/mol. The highest BCUT2D eigenvalue weighted by Crippen LogP contribution is 2.30. The molecule has 0 N–H and O–H groups in total. The zero-order valence-corrected chi connectivity index (χ0v) is 12.2. The quantitative estimate of drug-likeness (QED) is 0.786. The standard InChI is InChI=1S/C13H16ClNO3S/c1-2-9-15(10-7-8-10)13(16)11-5-3-4-6-12(11)19(14,17)18/h3-6,10H,2,7-9H2,1H3. The van der Waals surface area contributed by atoms with Crippen molar-refractivity contribution in [3.05, 3.63) is 29.8 Å². The van der Waals surface area contributed by atoms with Crippen molar-refractivity contribution >= 4 is 25.6 Å². The molecule has 1 amide bonds. The average Bonchev–Trinajstić information content (AvgIpc) is 3.18. The summed E-state index contributed by atoms with van der Waals surface area (Å²) in [5.74, 6) is -0.246. The molecule has 0 bridgehead atoms. The van der Waals surface area contributed by atoms with Crippen LogP contribution in [-0.4, -0.2) is 31.8 Å². The second kappa shape index (κ2) is 5.51. The number of nitrogens with zero attached hydrogens (tertiary/aromatic N) is 1. The van der Waals surface area contributed by atoms with Crippen LogP contribution in [0.4, 0.5) is 0 Å². The van der Waals surface area contributed by atoms with Crippen LogP contribution in [0.1, 0.15) is 36.5 Å². The third kappa shape index (κ3) is 3.28. The SMILES string of the molecule is CCCN(C(=O)c1ccccc1S(=O)(=O)Cl)C1CC1. The van der Waals surface area contributed by atoms with Gasteiger partial charge in [-0.15, -0.1) is 0 Å². The number of hydrogen-bond acceptors (Lipinski definition) is 3. The Balaban J connectivity index is 2.38. The predicted molar refractivity (Wildman–Crippen MR) is 73.8 cm³/mol. The van der Waals surface area contributed by atoms with Crippen LogP contribution in [0, 0.1) is 0 Å². The Hall–Kier alpha value is -1.07. The van der Waals surface area contributed by atoms with Crippen molar-refractivity contribution in [2.24, 2.45) is 0 Å². The normalized spacial score (nSPS) is 15.3. The summed E-state index contributed by atoms with van der Waals surface area (Å²) < 4.78 is 23.0. The van der Waals surface area contributed by atoms with E-state index in [1.54, 1.807) is 17.0 Å². The highest BCUT2D eigenvalue weighted by Gasteiger charge is 2.34. The summed E-state index contributed by atoms with van der Waals surface area (Å²) in [5.41, 5.74) is 0.165. The summed E-state index contributed by atoms with van der Waals surface area (Å²) in [4.78, 5) is 14.1. The molecule has 1 aliphatic carbocycles. The van der Waals surface area contributed by atoms with E-state index in [0.29, 0.717) is 6.54 Å². The van der Waals surface area contributed by atoms with Gasteiger partial charge in [-0.2, -0.15) is 0 Å². The lowest BCUT2D eigenvalue weighted by molar-refractivity contribution is 0.0739. The minimum Gasteiger partial charge on any atom is -0.336 e. The van der Waals surface area contributed by atoms with E-state index < -0.39 is 9.05 Å². The minimum absolute atomic E-state index is 0.108. The Morgan fingerprint density at radius 2 is 2.00 bits per heavy atom. The number of halogens is 1. The zero-order valence-electron chi connectivity index (χ0n) is 10.7. The van der Waals surface area contributed by atoms with Crippen LogP contribution < -0.4 is 0 Å². The molecule has 0 radical (unpaired) electrons. The van der Waals surface area contributed by atoms with E-state index in [1.807, 2.05) is 6.92 Å². The van der Waals surface area contributed by atoms with E-state index in [1.165, 1.54) is 12.1 Å². The maximum atomic E-state index is 12.5. The zero-order chi connectivity index (χ0) is 14.0. The first-order chi connectivity index (χ1) is 8.95. The molecule has 4 nitrogen and oxygen atoms in total. The van der Waals surface area contributed by atoms with Gasteiger partial charge in [-0.05, 0) is 31.4 Å². The van der Waals surface area contributed by atoms with Gasteiger partial charge in [-0.3, -0.25) is 4.79 Å². The van der Waals surface area contributed by atoms with E-state index in [9.17, 15) is 13.2 Å². The fourth-order valence-electron chi connectivity index (χ4n) is 2.09. The van der Waals surface area contributed by atoms with Crippen molar-refractivity contribution in [1.29, 1.82) is 0 Å². The molecule has 0 aliphatic heterocycles. The average molecular weight is 302 g/mol. The van der Waals surface area contributed by atoms with Crippen LogP contribution in [0.25, 0.3) is 0 Å². The Morgan fingerprint density at radius 3 is 2.53 bits per heavy atom. The predicted octanol–water partition coefficient (Wildman–Crippen LogP) is 2.63. The van der Waals surface area contributed by atoms with Crippen molar-refractivity contribution in [1.82, 2.24) is 4.90 Å². The highest BCUT2D eigenvalue weighted by atomic mass is 35.7. The van der Waals surface area contributed by atoms with E-state index in [4.69, 9.17) is 10.7 Å². The van der Waals surface area contributed by atoms with Gasteiger partial charge in [-0.1, -0.05) is 19.1 Å². The molecule has 1 aromatic carbocycles. The van der Waals surface area contributed by atoms with Gasteiger partial charge in [0.2, 0.25) is 0 Å². The van der Waals surface area contributed by atoms with E-state index >= 15 is 0 Å². The van der Waals surface area contributed by atoms with Crippen LogP contribution in [0.15, 0.2) is 29.2 Å². The molecular formula is C13H16ClNO3S. The first-order valence-electron chi connectivity index (χ1n) is 6.29. The van der Waals surface area contributed by atoms with Crippen LogP contribution in [0.3, 0.4) is 0 Å². The number of carbonyl (C=O) groups excluding carboxylic acids is 1. The molecule has 0 spiro atoms. The number of carbonyl (C=O) groups is 1. The smallest absolute Gasteiger partial charge is 0.262 e. The largest absolute Gasteiger partial charge is 0.336 e. The molecule has 1 aliphatic rings. The summed E-state index contributed by atoms with van der Waals surface area (Å²) in [7, 11) is 1.48. The van der Waals surface area contributed by atoms with Crippen molar-refractivity contribution in [2.75, 3.05) is 6.54 Å². The third-order valence-corrected chi connectivity index (χ3v) is 4.47. The number of rotatable bonds is 5. The molecule has 2 rings (SSSR count). The van der Waals surface area contributed by atoms with Gasteiger partial charge >= 0.3 is 0 Å². The molecule has 6 heteroatoms. The molecule has 1 saturated carbocycles. The monoisotopic (exact) mass is 301 g/mol. The Bertz CT molecular complexity index is 581. The summed E-state index contributed by atoms with van der Waals surface area (Å²) >= 11 is 0. The lowest BCUT2D eigenvalue weighted by Gasteiger charge is -2.22. The van der Waals surface area contributed by atoms with Gasteiger partial charge in [0.1, 0.15) is 0 Å². The fraction of sp³-hybridized carbons (Fsp3) is 0.462. The fourth-order valence-corrected chi connectivity index (χ4v) is 3.15. The maximum absolute atomic E-state index is 12.5. The van der Waals surface area contributed by atoms with Crippen molar-refractivity contribution in [3.63, 3.8) is 0 Å². The summed E-state index contributed by atoms with van der Waals surface area (Å²) in [6.45, 7) is 2.63. The molecule has 0 unspecified atom stereocenters. The van der Waals surface area contributed by atoms with E-state index in [2.05, 4.69) is 0 Å². The first-order valence-corrected chi connectivity index (χ1v) is 8.60. The lowest BCUT2D eigenvalue weighted by atomic mass is 10.2. The molecule has 0 heterocycles. The first kappa shape index (κ1) is 14.3. The summed E-state index contributed by atoms with van der Waals surface area (Å²) in [6, 6.07) is 6.34. The van der Waals surface area contributed by atoms with Gasteiger partial charge in [0.25, 0.3) is 15.0 Å². The highest BCUT2D eigenvalue weighted by molar-refractivity contribution is 8.13. The third-order valence-electron chi connectivity index (χ3n) is 3.09. The van der Waals surface area contributed by atoms with Crippen molar-refractivity contribution in [3.8, 4) is 0 Å². The van der Waals surface area contributed by atoms with Gasteiger partial charge in [0, 0.05) is 23.3 Å². The van der Waals surface area contributed by atoms with Crippen molar-refractivity contribution in [2.45, 2.75) is 37.1 Å². The van der Waals surface area contributed by atoms with Gasteiger partial charge in [0.15, 0.2) is 0 Å². The Labute approximate surface area is 117 Å². The number of amides is 1. The Kier molecular flexibility index (Phi) is 4.16. The van der Waals surface area contributed by atoms with Crippen molar-refractivity contribution < 1.29 is 13.2 Å². The molecule has 0 saturated heterocycles. The summed E-state index contributed by atoms with van der Waals surface area (Å²) in [5, 5.41) is 0. The Morgan fingerprint density at radius 1 is 1.37 bits per heavy atom. The number of hydrogen-bond donors (Lipinski definition) is 0. The van der Waals surface area contributed by atoms with Crippen LogP contribution in [0.2, 0.25) is 0 Å². The van der Waals surface area contributed by atoms with E-state index in [0.717, 1.165) is 19.3 Å².